The molecule has 4 N–H and O–H groups in total. The van der Waals surface area contributed by atoms with Crippen LogP contribution in [0.5, 0.6) is 0 Å². The molecular formula is C18H28ClN3O2. The van der Waals surface area contributed by atoms with Crippen LogP contribution < -0.4 is 16.4 Å². The van der Waals surface area contributed by atoms with Gasteiger partial charge >= 0.3 is 0 Å². The van der Waals surface area contributed by atoms with Crippen LogP contribution in [-0.4, -0.2) is 23.9 Å². The van der Waals surface area contributed by atoms with Gasteiger partial charge in [-0.3, -0.25) is 9.59 Å². The summed E-state index contributed by atoms with van der Waals surface area (Å²) in [5.41, 5.74) is 6.71. The summed E-state index contributed by atoms with van der Waals surface area (Å²) >= 11 is 0. The Balaban J connectivity index is 0.00000288. The molecule has 6 heteroatoms. The van der Waals surface area contributed by atoms with E-state index >= 15 is 0 Å². The first kappa shape index (κ1) is 20.5. The van der Waals surface area contributed by atoms with Crippen molar-refractivity contribution in [2.24, 2.45) is 17.6 Å². The van der Waals surface area contributed by atoms with Crippen LogP contribution >= 0.6 is 12.4 Å². The third kappa shape index (κ3) is 5.80. The molecule has 0 heterocycles. The molecule has 1 aliphatic rings. The molecule has 1 aliphatic carbocycles. The van der Waals surface area contributed by atoms with E-state index < -0.39 is 5.54 Å². The molecule has 1 unspecified atom stereocenters. The maximum absolute atomic E-state index is 12.4. The van der Waals surface area contributed by atoms with Gasteiger partial charge in [0, 0.05) is 29.3 Å². The van der Waals surface area contributed by atoms with Crippen molar-refractivity contribution in [2.75, 3.05) is 11.9 Å². The zero-order valence-electron chi connectivity index (χ0n) is 14.6. The fraction of sp³-hybridized carbons (Fsp3) is 0.556. The average molecular weight is 354 g/mol. The lowest BCUT2D eigenvalue weighted by Crippen LogP contribution is -2.52. The summed E-state index contributed by atoms with van der Waals surface area (Å²) < 4.78 is 0. The summed E-state index contributed by atoms with van der Waals surface area (Å²) in [4.78, 5) is 24.1. The summed E-state index contributed by atoms with van der Waals surface area (Å²) in [6.07, 6.45) is 2.77. The first-order chi connectivity index (χ1) is 10.8. The largest absolute Gasteiger partial charge is 0.346 e. The summed E-state index contributed by atoms with van der Waals surface area (Å²) in [7, 11) is 0. The molecule has 1 saturated carbocycles. The zero-order valence-corrected chi connectivity index (χ0v) is 15.4. The van der Waals surface area contributed by atoms with Gasteiger partial charge in [0.15, 0.2) is 0 Å². The molecule has 0 aliphatic heterocycles. The number of carbonyl (C=O) groups excluding carboxylic acids is 2. The van der Waals surface area contributed by atoms with Crippen molar-refractivity contribution >= 4 is 29.9 Å². The van der Waals surface area contributed by atoms with Gasteiger partial charge in [-0.25, -0.2) is 0 Å². The second-order valence-corrected chi connectivity index (χ2v) is 7.16. The predicted octanol–water partition coefficient (Wildman–Crippen LogP) is 2.95. The number of rotatable bonds is 7. The van der Waals surface area contributed by atoms with Gasteiger partial charge in [0.05, 0.1) is 0 Å². The molecule has 24 heavy (non-hydrogen) atoms. The van der Waals surface area contributed by atoms with E-state index in [0.717, 1.165) is 24.9 Å². The van der Waals surface area contributed by atoms with E-state index in [9.17, 15) is 9.59 Å². The number of hydrogen-bond acceptors (Lipinski definition) is 3. The smallest absolute Gasteiger partial charge is 0.251 e. The number of amides is 2. The average Bonchev–Trinajstić information content (AvgIpc) is 3.31. The number of nitrogens with one attached hydrogen (secondary N) is 2. The molecule has 0 spiro atoms. The number of anilines is 1. The zero-order chi connectivity index (χ0) is 17.0. The summed E-state index contributed by atoms with van der Waals surface area (Å²) in [5, 5.41) is 5.89. The third-order valence-corrected chi connectivity index (χ3v) is 4.09. The molecule has 0 radical (unpaired) electrons. The van der Waals surface area contributed by atoms with Crippen LogP contribution in [0.15, 0.2) is 24.3 Å². The number of hydrogen-bond donors (Lipinski definition) is 3. The Hall–Kier alpha value is -1.59. The minimum absolute atomic E-state index is 0. The fourth-order valence-electron chi connectivity index (χ4n) is 2.73. The number of nitrogens with two attached hydrogens (primary N) is 1. The van der Waals surface area contributed by atoms with Gasteiger partial charge in [-0.2, -0.15) is 0 Å². The Kier molecular flexibility index (Phi) is 7.24. The fourth-order valence-corrected chi connectivity index (χ4v) is 2.73. The molecular weight excluding hydrogens is 326 g/mol. The molecule has 1 fully saturated rings. The number of halogens is 1. The lowest BCUT2D eigenvalue weighted by molar-refractivity contribution is -0.117. The third-order valence-electron chi connectivity index (χ3n) is 4.09. The van der Waals surface area contributed by atoms with Crippen molar-refractivity contribution in [2.45, 2.75) is 45.6 Å². The molecule has 0 bridgehead atoms. The van der Waals surface area contributed by atoms with Gasteiger partial charge in [0.25, 0.3) is 5.91 Å². The molecule has 134 valence electrons. The molecule has 2 rings (SSSR count). The minimum Gasteiger partial charge on any atom is -0.346 e. The van der Waals surface area contributed by atoms with Crippen LogP contribution in [-0.2, 0) is 4.79 Å². The predicted molar refractivity (Wildman–Crippen MR) is 99.4 cm³/mol. The lowest BCUT2D eigenvalue weighted by Gasteiger charge is -2.31. The molecule has 1 aromatic rings. The maximum Gasteiger partial charge on any atom is 0.251 e. The van der Waals surface area contributed by atoms with Crippen LogP contribution in [0.2, 0.25) is 0 Å². The second-order valence-electron chi connectivity index (χ2n) is 7.16. The Labute approximate surface area is 150 Å². The second kappa shape index (κ2) is 8.49. The highest BCUT2D eigenvalue weighted by molar-refractivity contribution is 5.97. The van der Waals surface area contributed by atoms with E-state index in [0.29, 0.717) is 18.0 Å². The maximum atomic E-state index is 12.4. The Morgan fingerprint density at radius 3 is 2.29 bits per heavy atom. The SMILES string of the molecule is CC(C)CC(C)(CN)NC(=O)c1ccc(NC(=O)C2CC2)cc1.Cl. The summed E-state index contributed by atoms with van der Waals surface area (Å²) in [5.74, 6) is 0.539. The van der Waals surface area contributed by atoms with Gasteiger partial charge < -0.3 is 16.4 Å². The number of benzene rings is 1. The van der Waals surface area contributed by atoms with E-state index in [1.165, 1.54) is 0 Å². The standard InChI is InChI=1S/C18H27N3O2.ClH/c1-12(2)10-18(3,11-19)21-17(23)14-6-8-15(9-7-14)20-16(22)13-4-5-13;/h6-9,12-13H,4-5,10-11,19H2,1-3H3,(H,20,22)(H,21,23);1H. The van der Waals surface area contributed by atoms with Gasteiger partial charge in [-0.05, 0) is 56.4 Å². The quantitative estimate of drug-likeness (QED) is 0.704. The van der Waals surface area contributed by atoms with Crippen LogP contribution in [0.1, 0.15) is 50.4 Å². The van der Waals surface area contributed by atoms with E-state index in [4.69, 9.17) is 5.73 Å². The number of carbonyl (C=O) groups is 2. The normalized spacial score (nSPS) is 16.0. The van der Waals surface area contributed by atoms with Crippen molar-refractivity contribution in [3.63, 3.8) is 0 Å². The molecule has 5 nitrogen and oxygen atoms in total. The first-order valence-electron chi connectivity index (χ1n) is 8.26. The summed E-state index contributed by atoms with van der Waals surface area (Å²) in [6.45, 7) is 6.58. The van der Waals surface area contributed by atoms with Crippen molar-refractivity contribution < 1.29 is 9.59 Å². The molecule has 1 aromatic carbocycles. The van der Waals surface area contributed by atoms with Crippen molar-refractivity contribution in [3.05, 3.63) is 29.8 Å². The molecule has 0 aromatic heterocycles. The monoisotopic (exact) mass is 353 g/mol. The van der Waals surface area contributed by atoms with Crippen LogP contribution in [0.25, 0.3) is 0 Å². The van der Waals surface area contributed by atoms with Crippen LogP contribution in [0.4, 0.5) is 5.69 Å². The van der Waals surface area contributed by atoms with E-state index in [-0.39, 0.29) is 30.1 Å². The van der Waals surface area contributed by atoms with Crippen LogP contribution in [0, 0.1) is 11.8 Å². The van der Waals surface area contributed by atoms with Crippen molar-refractivity contribution in [1.29, 1.82) is 0 Å². The molecule has 2 amide bonds. The van der Waals surface area contributed by atoms with Gasteiger partial charge in [-0.1, -0.05) is 13.8 Å². The highest BCUT2D eigenvalue weighted by Gasteiger charge is 2.29. The minimum atomic E-state index is -0.413. The van der Waals surface area contributed by atoms with E-state index in [1.807, 2.05) is 6.92 Å². The van der Waals surface area contributed by atoms with E-state index in [2.05, 4.69) is 24.5 Å². The molecule has 1 atom stereocenters. The van der Waals surface area contributed by atoms with Crippen LogP contribution in [0.3, 0.4) is 0 Å². The Morgan fingerprint density at radius 2 is 1.83 bits per heavy atom. The Bertz CT molecular complexity index is 570. The summed E-state index contributed by atoms with van der Waals surface area (Å²) in [6, 6.07) is 6.98. The molecule has 0 saturated heterocycles. The van der Waals surface area contributed by atoms with Gasteiger partial charge in [0.1, 0.15) is 0 Å². The topological polar surface area (TPSA) is 84.2 Å². The lowest BCUT2D eigenvalue weighted by atomic mass is 9.90. The van der Waals surface area contributed by atoms with E-state index in [1.54, 1.807) is 24.3 Å². The highest BCUT2D eigenvalue weighted by atomic mass is 35.5. The highest BCUT2D eigenvalue weighted by Crippen LogP contribution is 2.30. The van der Waals surface area contributed by atoms with Gasteiger partial charge in [0.2, 0.25) is 5.91 Å². The Morgan fingerprint density at radius 1 is 1.25 bits per heavy atom. The van der Waals surface area contributed by atoms with Crippen molar-refractivity contribution in [1.82, 2.24) is 5.32 Å². The van der Waals surface area contributed by atoms with Gasteiger partial charge in [-0.15, -0.1) is 12.4 Å². The first-order valence-corrected chi connectivity index (χ1v) is 8.26. The van der Waals surface area contributed by atoms with Crippen molar-refractivity contribution in [3.8, 4) is 0 Å².